The van der Waals surface area contributed by atoms with E-state index in [-0.39, 0.29) is 12.1 Å². The summed E-state index contributed by atoms with van der Waals surface area (Å²) < 4.78 is 6.18. The molecule has 1 atom stereocenters. The van der Waals surface area contributed by atoms with Gasteiger partial charge in [0.15, 0.2) is 0 Å². The Kier molecular flexibility index (Phi) is 5.66. The summed E-state index contributed by atoms with van der Waals surface area (Å²) in [5.74, 6) is 1.05. The number of carbonyl (C=O) groups excluding carboxylic acids is 1. The highest BCUT2D eigenvalue weighted by atomic mass is 32.1. The quantitative estimate of drug-likeness (QED) is 0.551. The Balaban J connectivity index is 1.57. The minimum atomic E-state index is -0.365. The number of ether oxygens (including phenoxy) is 1. The molecule has 3 heterocycles. The van der Waals surface area contributed by atoms with Crippen molar-refractivity contribution in [1.82, 2.24) is 15.0 Å². The molecule has 8 heteroatoms. The molecule has 1 saturated heterocycles. The fraction of sp³-hybridized carbons (Fsp3) is 0.400. The van der Waals surface area contributed by atoms with Gasteiger partial charge in [0.25, 0.3) is 0 Å². The van der Waals surface area contributed by atoms with Crippen LogP contribution in [0.4, 0.5) is 16.6 Å². The van der Waals surface area contributed by atoms with Crippen LogP contribution < -0.4 is 10.2 Å². The van der Waals surface area contributed by atoms with Crippen LogP contribution in [-0.4, -0.2) is 34.2 Å². The molecule has 0 spiro atoms. The van der Waals surface area contributed by atoms with Crippen LogP contribution in [0.3, 0.4) is 0 Å². The molecule has 146 valence electrons. The first kappa shape index (κ1) is 18.6. The molecule has 1 unspecified atom stereocenters. The molecule has 2 aromatic heterocycles. The number of unbranched alkanes of at least 4 members (excludes halogenated alkanes) is 2. The summed E-state index contributed by atoms with van der Waals surface area (Å²) in [5, 5.41) is 4.47. The number of carbonyl (C=O) groups is 1. The van der Waals surface area contributed by atoms with Crippen LogP contribution in [0.15, 0.2) is 36.5 Å². The maximum Gasteiger partial charge on any atom is 0.415 e. The summed E-state index contributed by atoms with van der Waals surface area (Å²) in [6, 6.07) is 9.93. The third kappa shape index (κ3) is 4.06. The number of thiazole rings is 1. The van der Waals surface area contributed by atoms with E-state index in [4.69, 9.17) is 9.72 Å². The van der Waals surface area contributed by atoms with Gasteiger partial charge in [-0.05, 0) is 24.6 Å². The summed E-state index contributed by atoms with van der Waals surface area (Å²) in [7, 11) is 0. The lowest BCUT2D eigenvalue weighted by molar-refractivity contribution is 0.181. The van der Waals surface area contributed by atoms with Gasteiger partial charge < -0.3 is 10.1 Å². The molecule has 7 nitrogen and oxygen atoms in total. The van der Waals surface area contributed by atoms with Crippen molar-refractivity contribution in [1.29, 1.82) is 0 Å². The number of hydrogen-bond acceptors (Lipinski definition) is 7. The van der Waals surface area contributed by atoms with Crippen LogP contribution in [0.2, 0.25) is 0 Å². The second kappa shape index (κ2) is 8.52. The van der Waals surface area contributed by atoms with Crippen molar-refractivity contribution in [3.05, 3.63) is 41.5 Å². The van der Waals surface area contributed by atoms with Gasteiger partial charge in [-0.25, -0.2) is 14.8 Å². The Labute approximate surface area is 167 Å². The summed E-state index contributed by atoms with van der Waals surface area (Å²) in [5.41, 5.74) is 1.01. The highest BCUT2D eigenvalue weighted by Gasteiger charge is 2.25. The molecule has 1 amide bonds. The Bertz CT molecular complexity index is 927. The fourth-order valence-electron chi connectivity index (χ4n) is 3.22. The van der Waals surface area contributed by atoms with Gasteiger partial charge in [-0.15, -0.1) is 11.3 Å². The molecule has 0 bridgehead atoms. The molecule has 4 rings (SSSR count). The Morgan fingerprint density at radius 2 is 2.14 bits per heavy atom. The maximum absolute atomic E-state index is 11.8. The predicted octanol–water partition coefficient (Wildman–Crippen LogP) is 4.78. The zero-order chi connectivity index (χ0) is 19.3. The number of benzene rings is 1. The minimum absolute atomic E-state index is 0.0322. The van der Waals surface area contributed by atoms with E-state index >= 15 is 0 Å². The van der Waals surface area contributed by atoms with Crippen LogP contribution >= 0.6 is 11.3 Å². The van der Waals surface area contributed by atoms with Crippen LogP contribution in [0.25, 0.3) is 10.2 Å². The van der Waals surface area contributed by atoms with Crippen molar-refractivity contribution in [2.24, 2.45) is 0 Å². The van der Waals surface area contributed by atoms with E-state index in [9.17, 15) is 4.79 Å². The van der Waals surface area contributed by atoms with Gasteiger partial charge in [0.05, 0.1) is 22.8 Å². The molecular weight excluding hydrogens is 374 g/mol. The van der Waals surface area contributed by atoms with Gasteiger partial charge in [0.2, 0.25) is 5.95 Å². The molecule has 3 aromatic rings. The number of para-hydroxylation sites is 1. The van der Waals surface area contributed by atoms with Crippen molar-refractivity contribution in [3.8, 4) is 0 Å². The monoisotopic (exact) mass is 397 g/mol. The fourth-order valence-corrected chi connectivity index (χ4v) is 4.27. The van der Waals surface area contributed by atoms with E-state index in [1.807, 2.05) is 18.2 Å². The highest BCUT2D eigenvalue weighted by molar-refractivity contribution is 7.18. The molecule has 0 aliphatic carbocycles. The lowest BCUT2D eigenvalue weighted by atomic mass is 10.1. The summed E-state index contributed by atoms with van der Waals surface area (Å²) in [4.78, 5) is 27.0. The molecule has 1 aliphatic heterocycles. The molecule has 0 saturated carbocycles. The van der Waals surface area contributed by atoms with Gasteiger partial charge >= 0.3 is 6.09 Å². The zero-order valence-electron chi connectivity index (χ0n) is 15.8. The molecule has 1 aromatic carbocycles. The highest BCUT2D eigenvalue weighted by Crippen LogP contribution is 2.31. The number of cyclic esters (lactones) is 1. The van der Waals surface area contributed by atoms with Gasteiger partial charge in [-0.2, -0.15) is 4.98 Å². The molecule has 1 N–H and O–H groups in total. The normalized spacial score (nSPS) is 15.0. The first-order valence-electron chi connectivity index (χ1n) is 9.64. The second-order valence-electron chi connectivity index (χ2n) is 6.72. The van der Waals surface area contributed by atoms with Crippen molar-refractivity contribution in [2.75, 3.05) is 23.4 Å². The van der Waals surface area contributed by atoms with Gasteiger partial charge in [-0.1, -0.05) is 38.3 Å². The zero-order valence-corrected chi connectivity index (χ0v) is 16.6. The van der Waals surface area contributed by atoms with E-state index in [1.165, 1.54) is 16.0 Å². The van der Waals surface area contributed by atoms with Crippen LogP contribution in [0.5, 0.6) is 0 Å². The molecule has 1 fully saturated rings. The van der Waals surface area contributed by atoms with Crippen LogP contribution in [0.1, 0.15) is 43.7 Å². The van der Waals surface area contributed by atoms with Gasteiger partial charge in [0.1, 0.15) is 17.4 Å². The second-order valence-corrected chi connectivity index (χ2v) is 7.78. The first-order chi connectivity index (χ1) is 13.7. The summed E-state index contributed by atoms with van der Waals surface area (Å²) in [6.07, 6.45) is 5.68. The first-order valence-corrected chi connectivity index (χ1v) is 10.5. The Morgan fingerprint density at radius 3 is 2.93 bits per heavy atom. The third-order valence-corrected chi connectivity index (χ3v) is 5.84. The van der Waals surface area contributed by atoms with Crippen LogP contribution in [-0.2, 0) is 4.74 Å². The Morgan fingerprint density at radius 1 is 1.25 bits per heavy atom. The average molecular weight is 398 g/mol. The molecular formula is C20H23N5O2S. The average Bonchev–Trinajstić information content (AvgIpc) is 3.33. The number of fused-ring (bicyclic) bond motifs is 1. The molecule has 28 heavy (non-hydrogen) atoms. The van der Waals surface area contributed by atoms with Crippen molar-refractivity contribution < 1.29 is 9.53 Å². The van der Waals surface area contributed by atoms with E-state index in [0.29, 0.717) is 24.9 Å². The number of nitrogens with zero attached hydrogens (tertiary/aromatic N) is 4. The Hall–Kier alpha value is -2.74. The lowest BCUT2D eigenvalue weighted by Gasteiger charge is -2.18. The van der Waals surface area contributed by atoms with Gasteiger partial charge in [-0.3, -0.25) is 4.90 Å². The smallest absolute Gasteiger partial charge is 0.415 e. The SMILES string of the molecule is CCCCCC(Nc1nccc(N2CCOC2=O)n1)c1nc2ccccc2s1. The topological polar surface area (TPSA) is 80.2 Å². The van der Waals surface area contributed by atoms with E-state index < -0.39 is 0 Å². The maximum atomic E-state index is 11.8. The third-order valence-electron chi connectivity index (χ3n) is 4.69. The van der Waals surface area contributed by atoms with Crippen LogP contribution in [0, 0.1) is 0 Å². The number of amides is 1. The molecule has 0 radical (unpaired) electrons. The van der Waals surface area contributed by atoms with Gasteiger partial charge in [0, 0.05) is 6.20 Å². The van der Waals surface area contributed by atoms with E-state index in [1.54, 1.807) is 23.6 Å². The number of rotatable bonds is 8. The number of anilines is 2. The molecule has 1 aliphatic rings. The lowest BCUT2D eigenvalue weighted by Crippen LogP contribution is -2.25. The van der Waals surface area contributed by atoms with Crippen molar-refractivity contribution >= 4 is 39.4 Å². The van der Waals surface area contributed by atoms with Crippen molar-refractivity contribution in [3.63, 3.8) is 0 Å². The minimum Gasteiger partial charge on any atom is -0.447 e. The summed E-state index contributed by atoms with van der Waals surface area (Å²) >= 11 is 1.70. The number of nitrogens with one attached hydrogen (secondary N) is 1. The largest absolute Gasteiger partial charge is 0.447 e. The van der Waals surface area contributed by atoms with Crippen molar-refractivity contribution in [2.45, 2.75) is 38.6 Å². The summed E-state index contributed by atoms with van der Waals surface area (Å²) in [6.45, 7) is 3.09. The predicted molar refractivity (Wildman–Crippen MR) is 111 cm³/mol. The standard InChI is InChI=1S/C20H23N5O2S/c1-2-3-4-8-15(18-22-14-7-5-6-9-16(14)28-18)23-19-21-11-10-17(24-19)25-12-13-27-20(25)26/h5-7,9-11,15H,2-4,8,12-13H2,1H3,(H,21,23,24). The van der Waals surface area contributed by atoms with E-state index in [0.717, 1.165) is 29.8 Å². The number of aromatic nitrogens is 3. The number of hydrogen-bond donors (Lipinski definition) is 1. The van der Waals surface area contributed by atoms with E-state index in [2.05, 4.69) is 28.3 Å².